The minimum Gasteiger partial charge on any atom is -0.394 e. The normalized spacial score (nSPS) is 40.2. The Morgan fingerprint density at radius 2 is 2.00 bits per heavy atom. The lowest BCUT2D eigenvalue weighted by Crippen LogP contribution is -2.66. The molecule has 0 aromatic rings. The summed E-state index contributed by atoms with van der Waals surface area (Å²) >= 11 is 0. The molecule has 0 unspecified atom stereocenters. The van der Waals surface area contributed by atoms with E-state index < -0.39 is 36.8 Å². The monoisotopic (exact) mass is 274 g/mol. The van der Waals surface area contributed by atoms with Gasteiger partial charge in [0.1, 0.15) is 24.4 Å². The van der Waals surface area contributed by atoms with E-state index >= 15 is 0 Å². The Bertz CT molecular complexity index is 340. The molecule has 110 valence electrons. The van der Waals surface area contributed by atoms with Crippen LogP contribution >= 0.6 is 0 Å². The molecule has 0 bridgehead atoms. The standard InChI is InChI=1S/C13H22O6/c1-4-6-8(5-2)13(18-3)12(17)11(16)10(15)9(7-14)19-13/h5-6,9-12,14-17H,2,4,7H2,1,3H3/b8-6+/t9-,10-,11+,12-,13+/m1/s1. The maximum atomic E-state index is 10.2. The van der Waals surface area contributed by atoms with Gasteiger partial charge in [-0.15, -0.1) is 0 Å². The molecule has 0 aromatic carbocycles. The van der Waals surface area contributed by atoms with Gasteiger partial charge in [-0.1, -0.05) is 25.7 Å². The van der Waals surface area contributed by atoms with Gasteiger partial charge in [-0.25, -0.2) is 0 Å². The summed E-state index contributed by atoms with van der Waals surface area (Å²) in [5.74, 6) is -1.65. The summed E-state index contributed by atoms with van der Waals surface area (Å²) in [5.41, 5.74) is 0.439. The third-order valence-electron chi connectivity index (χ3n) is 3.30. The quantitative estimate of drug-likeness (QED) is 0.496. The van der Waals surface area contributed by atoms with Crippen LogP contribution in [0.4, 0.5) is 0 Å². The topological polar surface area (TPSA) is 99.4 Å². The number of hydrogen-bond donors (Lipinski definition) is 4. The molecule has 1 aliphatic rings. The Balaban J connectivity index is 3.23. The van der Waals surface area contributed by atoms with Crippen molar-refractivity contribution in [1.29, 1.82) is 0 Å². The van der Waals surface area contributed by atoms with E-state index in [9.17, 15) is 20.4 Å². The highest BCUT2D eigenvalue weighted by atomic mass is 16.7. The van der Waals surface area contributed by atoms with Crippen LogP contribution in [0.3, 0.4) is 0 Å². The molecule has 1 fully saturated rings. The van der Waals surface area contributed by atoms with Crippen molar-refractivity contribution in [3.63, 3.8) is 0 Å². The summed E-state index contributed by atoms with van der Waals surface area (Å²) in [6, 6.07) is 0. The fourth-order valence-electron chi connectivity index (χ4n) is 2.25. The molecule has 0 saturated carbocycles. The summed E-state index contributed by atoms with van der Waals surface area (Å²) < 4.78 is 10.8. The van der Waals surface area contributed by atoms with Crippen molar-refractivity contribution in [2.45, 2.75) is 43.5 Å². The second kappa shape index (κ2) is 6.60. The molecule has 0 amide bonds. The third kappa shape index (κ3) is 2.74. The number of allylic oxidation sites excluding steroid dienone is 1. The van der Waals surface area contributed by atoms with E-state index in [2.05, 4.69) is 6.58 Å². The van der Waals surface area contributed by atoms with Crippen LogP contribution in [-0.4, -0.2) is 64.3 Å². The van der Waals surface area contributed by atoms with E-state index in [0.717, 1.165) is 0 Å². The fourth-order valence-corrected chi connectivity index (χ4v) is 2.25. The molecule has 6 nitrogen and oxygen atoms in total. The van der Waals surface area contributed by atoms with Gasteiger partial charge in [-0.2, -0.15) is 0 Å². The summed E-state index contributed by atoms with van der Waals surface area (Å²) in [7, 11) is 1.31. The molecule has 0 spiro atoms. The Labute approximate surface area is 112 Å². The number of methoxy groups -OCH3 is 1. The predicted octanol–water partition coefficient (Wildman–Crippen LogP) is -0.675. The molecule has 1 heterocycles. The molecular formula is C13H22O6. The summed E-state index contributed by atoms with van der Waals surface area (Å²) in [6.45, 7) is 5.01. The van der Waals surface area contributed by atoms with Crippen molar-refractivity contribution >= 4 is 0 Å². The molecule has 5 atom stereocenters. The number of hydrogen-bond acceptors (Lipinski definition) is 6. The molecule has 0 aromatic heterocycles. The largest absolute Gasteiger partial charge is 0.394 e. The van der Waals surface area contributed by atoms with Crippen LogP contribution in [0.25, 0.3) is 0 Å². The van der Waals surface area contributed by atoms with Crippen molar-refractivity contribution in [2.24, 2.45) is 0 Å². The van der Waals surface area contributed by atoms with Crippen LogP contribution < -0.4 is 0 Å². The second-order valence-electron chi connectivity index (χ2n) is 4.41. The van der Waals surface area contributed by atoms with Gasteiger partial charge in [0.25, 0.3) is 0 Å². The lowest BCUT2D eigenvalue weighted by molar-refractivity contribution is -0.339. The van der Waals surface area contributed by atoms with Crippen molar-refractivity contribution < 1.29 is 29.9 Å². The zero-order valence-electron chi connectivity index (χ0n) is 11.2. The smallest absolute Gasteiger partial charge is 0.224 e. The van der Waals surface area contributed by atoms with Crippen LogP contribution in [0.1, 0.15) is 13.3 Å². The maximum absolute atomic E-state index is 10.2. The van der Waals surface area contributed by atoms with Crippen LogP contribution in [-0.2, 0) is 9.47 Å². The van der Waals surface area contributed by atoms with Crippen molar-refractivity contribution in [3.05, 3.63) is 24.3 Å². The van der Waals surface area contributed by atoms with Gasteiger partial charge in [0.15, 0.2) is 0 Å². The Kier molecular flexibility index (Phi) is 5.66. The molecule has 0 aliphatic carbocycles. The first kappa shape index (κ1) is 16.3. The third-order valence-corrected chi connectivity index (χ3v) is 3.30. The van der Waals surface area contributed by atoms with E-state index in [1.807, 2.05) is 6.92 Å². The number of rotatable bonds is 5. The van der Waals surface area contributed by atoms with E-state index in [0.29, 0.717) is 12.0 Å². The molecule has 6 heteroatoms. The first-order valence-corrected chi connectivity index (χ1v) is 6.19. The fraction of sp³-hybridized carbons (Fsp3) is 0.692. The molecule has 4 N–H and O–H groups in total. The highest BCUT2D eigenvalue weighted by molar-refractivity contribution is 5.29. The van der Waals surface area contributed by atoms with Crippen LogP contribution in [0.5, 0.6) is 0 Å². The molecule has 0 radical (unpaired) electrons. The van der Waals surface area contributed by atoms with Gasteiger partial charge in [-0.3, -0.25) is 0 Å². The predicted molar refractivity (Wildman–Crippen MR) is 68.3 cm³/mol. The van der Waals surface area contributed by atoms with Gasteiger partial charge in [0, 0.05) is 12.7 Å². The maximum Gasteiger partial charge on any atom is 0.224 e. The van der Waals surface area contributed by atoms with Gasteiger partial charge in [0.05, 0.1) is 6.61 Å². The Morgan fingerprint density at radius 1 is 1.37 bits per heavy atom. The first-order valence-electron chi connectivity index (χ1n) is 6.19. The van der Waals surface area contributed by atoms with Gasteiger partial charge >= 0.3 is 0 Å². The Morgan fingerprint density at radius 3 is 2.42 bits per heavy atom. The van der Waals surface area contributed by atoms with Crippen molar-refractivity contribution in [3.8, 4) is 0 Å². The van der Waals surface area contributed by atoms with Crippen LogP contribution in [0, 0.1) is 0 Å². The highest BCUT2D eigenvalue weighted by Gasteiger charge is 2.55. The summed E-state index contributed by atoms with van der Waals surface area (Å²) in [4.78, 5) is 0. The minimum absolute atomic E-state index is 0.439. The van der Waals surface area contributed by atoms with E-state index in [4.69, 9.17) is 9.47 Å². The van der Waals surface area contributed by atoms with E-state index in [1.54, 1.807) is 6.08 Å². The number of aliphatic hydroxyl groups excluding tert-OH is 4. The second-order valence-corrected chi connectivity index (χ2v) is 4.41. The molecule has 1 rings (SSSR count). The SMILES string of the molecule is C=C/C(=C\CC)[C@]1(OC)O[C@H](CO)[C@@H](O)[C@H](O)[C@H]1O. The molecule has 1 saturated heterocycles. The summed E-state index contributed by atoms with van der Waals surface area (Å²) in [6.07, 6.45) is -1.61. The van der Waals surface area contributed by atoms with E-state index in [1.165, 1.54) is 13.2 Å². The average Bonchev–Trinajstić information content (AvgIpc) is 2.43. The lowest BCUT2D eigenvalue weighted by Gasteiger charge is -2.48. The van der Waals surface area contributed by atoms with Crippen LogP contribution in [0.15, 0.2) is 24.3 Å². The van der Waals surface area contributed by atoms with Crippen molar-refractivity contribution in [1.82, 2.24) is 0 Å². The molecule has 1 aliphatic heterocycles. The lowest BCUT2D eigenvalue weighted by atomic mass is 9.87. The zero-order chi connectivity index (χ0) is 14.6. The average molecular weight is 274 g/mol. The van der Waals surface area contributed by atoms with E-state index in [-0.39, 0.29) is 0 Å². The highest BCUT2D eigenvalue weighted by Crippen LogP contribution is 2.37. The van der Waals surface area contributed by atoms with Crippen LogP contribution in [0.2, 0.25) is 0 Å². The number of ether oxygens (including phenoxy) is 2. The van der Waals surface area contributed by atoms with Gasteiger partial charge in [-0.05, 0) is 6.42 Å². The zero-order valence-corrected chi connectivity index (χ0v) is 11.2. The van der Waals surface area contributed by atoms with Crippen molar-refractivity contribution in [2.75, 3.05) is 13.7 Å². The summed E-state index contributed by atoms with van der Waals surface area (Å²) in [5, 5.41) is 39.0. The first-order chi connectivity index (χ1) is 8.98. The number of aliphatic hydroxyl groups is 4. The van der Waals surface area contributed by atoms with Gasteiger partial charge < -0.3 is 29.9 Å². The molecular weight excluding hydrogens is 252 g/mol. The minimum atomic E-state index is -1.65. The molecule has 19 heavy (non-hydrogen) atoms. The Hall–Kier alpha value is -0.760. The van der Waals surface area contributed by atoms with Gasteiger partial charge in [0.2, 0.25) is 5.79 Å².